The van der Waals surface area contributed by atoms with Crippen molar-refractivity contribution in [1.29, 1.82) is 0 Å². The second kappa shape index (κ2) is 3.75. The van der Waals surface area contributed by atoms with Gasteiger partial charge in [0.25, 0.3) is 0 Å². The van der Waals surface area contributed by atoms with Crippen molar-refractivity contribution in [3.05, 3.63) is 23.3 Å². The van der Waals surface area contributed by atoms with Crippen LogP contribution in [0.25, 0.3) is 0 Å². The van der Waals surface area contributed by atoms with E-state index in [9.17, 15) is 4.79 Å². The van der Waals surface area contributed by atoms with Crippen molar-refractivity contribution >= 4 is 5.78 Å². The number of benzene rings is 1. The number of nitrogens with zero attached hydrogens (tertiary/aromatic N) is 1. The van der Waals surface area contributed by atoms with Gasteiger partial charge in [-0.05, 0) is 56.3 Å². The van der Waals surface area contributed by atoms with Gasteiger partial charge >= 0.3 is 0 Å². The second-order valence-electron chi connectivity index (χ2n) is 8.11. The number of hydrogen-bond donors (Lipinski definition) is 0. The number of carbonyl (C=O) groups is 1. The van der Waals surface area contributed by atoms with Gasteiger partial charge in [0.15, 0.2) is 23.4 Å². The molecule has 2 aliphatic heterocycles. The maximum Gasteiger partial charge on any atom is 0.177 e. The van der Waals surface area contributed by atoms with Crippen LogP contribution in [0.2, 0.25) is 0 Å². The first kappa shape index (κ1) is 12.8. The van der Waals surface area contributed by atoms with E-state index in [1.165, 1.54) is 11.1 Å². The highest BCUT2D eigenvalue weighted by atomic mass is 16.5. The molecule has 1 spiro atoms. The van der Waals surface area contributed by atoms with Crippen LogP contribution in [0.4, 0.5) is 0 Å². The van der Waals surface area contributed by atoms with E-state index in [2.05, 4.69) is 18.0 Å². The fourth-order valence-corrected chi connectivity index (χ4v) is 6.45. The Balaban J connectivity index is 1.68. The number of likely N-dealkylation sites (N-methyl/N-ethyl adjacent to an activating group) is 1. The molecular weight excluding hydrogens is 290 g/mol. The predicted octanol–water partition coefficient (Wildman–Crippen LogP) is 1.79. The van der Waals surface area contributed by atoms with Crippen molar-refractivity contribution in [2.75, 3.05) is 20.7 Å². The molecule has 1 aromatic carbocycles. The Bertz CT molecular complexity index is 759. The van der Waals surface area contributed by atoms with Crippen molar-refractivity contribution < 1.29 is 14.3 Å². The zero-order chi connectivity index (χ0) is 15.5. The molecule has 1 saturated heterocycles. The van der Waals surface area contributed by atoms with E-state index in [-0.39, 0.29) is 17.4 Å². The number of ether oxygens (including phenoxy) is 2. The standard InChI is InChI=1S/C19H21NO3/c1-20-6-5-19-14-9-3-4-13(22-2)17(14)23-18(19)16(21)11-8-10(11)15(19)12(20)7-9/h3-4,10-12,15,18H,5-8H2,1-2H3/t10-,11+,12+,15-,18-,19+/m0/s1. The Morgan fingerprint density at radius 1 is 1.39 bits per heavy atom. The maximum absolute atomic E-state index is 13.0. The fraction of sp³-hybridized carbons (Fsp3) is 0.632. The topological polar surface area (TPSA) is 38.8 Å². The molecule has 6 rings (SSSR count). The molecule has 5 aliphatic rings. The summed E-state index contributed by atoms with van der Waals surface area (Å²) < 4.78 is 11.9. The number of ketones is 1. The number of likely N-dealkylation sites (tertiary alicyclic amines) is 1. The highest BCUT2D eigenvalue weighted by molar-refractivity contribution is 5.93. The van der Waals surface area contributed by atoms with Crippen LogP contribution >= 0.6 is 0 Å². The molecule has 0 N–H and O–H groups in total. The van der Waals surface area contributed by atoms with Crippen molar-refractivity contribution in [2.24, 2.45) is 17.8 Å². The zero-order valence-electron chi connectivity index (χ0n) is 13.5. The minimum absolute atomic E-state index is 0.0800. The first-order chi connectivity index (χ1) is 11.2. The molecule has 0 unspecified atom stereocenters. The Morgan fingerprint density at radius 3 is 3.09 bits per heavy atom. The molecule has 2 saturated carbocycles. The number of hydrogen-bond acceptors (Lipinski definition) is 4. The largest absolute Gasteiger partial charge is 0.493 e. The third-order valence-corrected chi connectivity index (χ3v) is 7.40. The lowest BCUT2D eigenvalue weighted by atomic mass is 9.51. The van der Waals surface area contributed by atoms with Crippen LogP contribution in [0.1, 0.15) is 24.0 Å². The molecule has 2 heterocycles. The highest BCUT2D eigenvalue weighted by Gasteiger charge is 2.73. The summed E-state index contributed by atoms with van der Waals surface area (Å²) in [6, 6.07) is 4.78. The van der Waals surface area contributed by atoms with E-state index in [1.807, 2.05) is 6.07 Å². The molecule has 4 nitrogen and oxygen atoms in total. The van der Waals surface area contributed by atoms with E-state index in [1.54, 1.807) is 7.11 Å². The van der Waals surface area contributed by atoms with Gasteiger partial charge in [-0.3, -0.25) is 4.79 Å². The van der Waals surface area contributed by atoms with Gasteiger partial charge < -0.3 is 14.4 Å². The molecule has 3 fully saturated rings. The predicted molar refractivity (Wildman–Crippen MR) is 83.9 cm³/mol. The number of Topliss-reactive ketones (excluding diaryl/α,β-unsaturated/α-hetero) is 1. The van der Waals surface area contributed by atoms with Crippen LogP contribution in [-0.2, 0) is 16.6 Å². The van der Waals surface area contributed by atoms with Gasteiger partial charge in [0, 0.05) is 22.9 Å². The SMILES string of the molecule is COc1ccc2c3c1O[C@H]1C(=O)[C@@H]4C[C@@H]4[C@H]4[C@@H](C2)N(C)CC[C@@]341. The lowest BCUT2D eigenvalue weighted by Gasteiger charge is -2.57. The molecule has 1 aromatic rings. The molecule has 0 aromatic heterocycles. The first-order valence-corrected chi connectivity index (χ1v) is 8.78. The molecule has 23 heavy (non-hydrogen) atoms. The van der Waals surface area contributed by atoms with Gasteiger partial charge in [-0.2, -0.15) is 0 Å². The van der Waals surface area contributed by atoms with Crippen molar-refractivity contribution in [3.63, 3.8) is 0 Å². The van der Waals surface area contributed by atoms with Crippen molar-refractivity contribution in [1.82, 2.24) is 4.90 Å². The Kier molecular flexibility index (Phi) is 2.09. The van der Waals surface area contributed by atoms with Gasteiger partial charge in [0.05, 0.1) is 7.11 Å². The van der Waals surface area contributed by atoms with E-state index < -0.39 is 0 Å². The number of piperidine rings is 1. The van der Waals surface area contributed by atoms with Gasteiger partial charge in [-0.25, -0.2) is 0 Å². The first-order valence-electron chi connectivity index (χ1n) is 8.78. The normalized spacial score (nSPS) is 45.1. The third-order valence-electron chi connectivity index (χ3n) is 7.40. The Hall–Kier alpha value is -1.55. The Morgan fingerprint density at radius 2 is 2.26 bits per heavy atom. The van der Waals surface area contributed by atoms with Crippen LogP contribution in [-0.4, -0.2) is 43.5 Å². The molecule has 0 amide bonds. The van der Waals surface area contributed by atoms with Gasteiger partial charge in [0.2, 0.25) is 0 Å². The summed E-state index contributed by atoms with van der Waals surface area (Å²) in [6.45, 7) is 1.06. The number of carbonyl (C=O) groups excluding carboxylic acids is 1. The van der Waals surface area contributed by atoms with E-state index in [4.69, 9.17) is 9.47 Å². The van der Waals surface area contributed by atoms with Gasteiger partial charge in [-0.1, -0.05) is 6.07 Å². The minimum atomic E-state index is -0.266. The highest BCUT2D eigenvalue weighted by Crippen LogP contribution is 2.69. The monoisotopic (exact) mass is 311 g/mol. The molecule has 6 atom stereocenters. The van der Waals surface area contributed by atoms with Crippen LogP contribution in [0.5, 0.6) is 11.5 Å². The number of rotatable bonds is 1. The number of methoxy groups -OCH3 is 1. The second-order valence-corrected chi connectivity index (χ2v) is 8.11. The lowest BCUT2D eigenvalue weighted by Crippen LogP contribution is -2.66. The molecule has 3 aliphatic carbocycles. The number of fused-ring (bicyclic) bond motifs is 1. The average Bonchev–Trinajstić information content (AvgIpc) is 3.27. The molecule has 4 heteroatoms. The fourth-order valence-electron chi connectivity index (χ4n) is 6.45. The quantitative estimate of drug-likeness (QED) is 0.793. The van der Waals surface area contributed by atoms with Crippen LogP contribution in [0, 0.1) is 17.8 Å². The van der Waals surface area contributed by atoms with Crippen molar-refractivity contribution in [2.45, 2.75) is 36.8 Å². The maximum atomic E-state index is 13.0. The summed E-state index contributed by atoms with van der Waals surface area (Å²) in [7, 11) is 3.95. The van der Waals surface area contributed by atoms with Crippen molar-refractivity contribution in [3.8, 4) is 11.5 Å². The Labute approximate surface area is 135 Å². The van der Waals surface area contributed by atoms with E-state index >= 15 is 0 Å². The summed E-state index contributed by atoms with van der Waals surface area (Å²) >= 11 is 0. The zero-order valence-corrected chi connectivity index (χ0v) is 13.5. The lowest BCUT2D eigenvalue weighted by molar-refractivity contribution is -0.139. The summed E-state index contributed by atoms with van der Waals surface area (Å²) in [5, 5.41) is 0. The summed E-state index contributed by atoms with van der Waals surface area (Å²) in [5.41, 5.74) is 2.63. The molecule has 2 bridgehead atoms. The van der Waals surface area contributed by atoms with Crippen LogP contribution in [0.15, 0.2) is 12.1 Å². The smallest absolute Gasteiger partial charge is 0.177 e. The average molecular weight is 311 g/mol. The summed E-state index contributed by atoms with van der Waals surface area (Å²) in [5.74, 6) is 3.45. The van der Waals surface area contributed by atoms with Gasteiger partial charge in [0.1, 0.15) is 0 Å². The molecule has 120 valence electrons. The summed E-state index contributed by atoms with van der Waals surface area (Å²) in [4.78, 5) is 15.5. The molecular formula is C19H21NO3. The van der Waals surface area contributed by atoms with Crippen LogP contribution in [0.3, 0.4) is 0 Å². The minimum Gasteiger partial charge on any atom is -0.493 e. The third kappa shape index (κ3) is 1.22. The molecule has 0 radical (unpaired) electrons. The van der Waals surface area contributed by atoms with Crippen LogP contribution < -0.4 is 9.47 Å². The van der Waals surface area contributed by atoms with Gasteiger partial charge in [-0.15, -0.1) is 0 Å². The van der Waals surface area contributed by atoms with E-state index in [0.717, 1.165) is 37.3 Å². The van der Waals surface area contributed by atoms with E-state index in [0.29, 0.717) is 23.7 Å². The summed E-state index contributed by atoms with van der Waals surface area (Å²) in [6.07, 6.45) is 2.95.